The molecule has 1 aromatic rings. The van der Waals surface area contributed by atoms with Crippen LogP contribution in [0.15, 0.2) is 18.2 Å². The second-order valence-electron chi connectivity index (χ2n) is 5.49. The first-order chi connectivity index (χ1) is 10.4. The molecule has 2 heterocycles. The van der Waals surface area contributed by atoms with Crippen molar-refractivity contribution in [1.82, 2.24) is 5.32 Å². The Morgan fingerprint density at radius 3 is 3.05 bits per heavy atom. The molecule has 0 aromatic heterocycles. The molecule has 1 saturated heterocycles. The lowest BCUT2D eigenvalue weighted by Crippen LogP contribution is -2.26. The third-order valence-corrected chi connectivity index (χ3v) is 3.91. The van der Waals surface area contributed by atoms with Crippen molar-refractivity contribution in [3.63, 3.8) is 0 Å². The lowest BCUT2D eigenvalue weighted by atomic mass is 10.1. The molecule has 1 fully saturated rings. The predicted octanol–water partition coefficient (Wildman–Crippen LogP) is 2.12. The Bertz CT molecular complexity index is 460. The van der Waals surface area contributed by atoms with E-state index in [1.165, 1.54) is 5.56 Å². The monoisotopic (exact) mass is 293 g/mol. The Balaban J connectivity index is 1.57. The fourth-order valence-electron chi connectivity index (χ4n) is 2.72. The molecule has 0 spiro atoms. The lowest BCUT2D eigenvalue weighted by molar-refractivity contribution is 0.0746. The minimum atomic E-state index is 0.173. The molecule has 3 rings (SSSR count). The smallest absolute Gasteiger partial charge is 0.231 e. The standard InChI is InChI=1S/C16H23NO4/c1-2-17-14(10-19-9-12-5-6-18-8-12)13-3-4-15-16(7-13)21-11-20-15/h3-4,7,12,14,17H,2,5-6,8-11H2,1H3. The van der Waals surface area contributed by atoms with Crippen LogP contribution >= 0.6 is 0 Å². The maximum absolute atomic E-state index is 5.89. The summed E-state index contributed by atoms with van der Waals surface area (Å²) in [7, 11) is 0. The number of nitrogens with one attached hydrogen (secondary N) is 1. The highest BCUT2D eigenvalue weighted by molar-refractivity contribution is 5.45. The zero-order chi connectivity index (χ0) is 14.5. The van der Waals surface area contributed by atoms with Crippen LogP contribution < -0.4 is 14.8 Å². The second kappa shape index (κ2) is 7.11. The molecule has 0 bridgehead atoms. The molecule has 1 aromatic carbocycles. The zero-order valence-corrected chi connectivity index (χ0v) is 12.5. The molecule has 0 amide bonds. The summed E-state index contributed by atoms with van der Waals surface area (Å²) in [6, 6.07) is 6.25. The molecule has 1 N–H and O–H groups in total. The van der Waals surface area contributed by atoms with E-state index in [9.17, 15) is 0 Å². The van der Waals surface area contributed by atoms with Gasteiger partial charge in [0.2, 0.25) is 6.79 Å². The van der Waals surface area contributed by atoms with Crippen LogP contribution in [0, 0.1) is 5.92 Å². The van der Waals surface area contributed by atoms with Gasteiger partial charge in [0.15, 0.2) is 11.5 Å². The molecular formula is C16H23NO4. The number of benzene rings is 1. The van der Waals surface area contributed by atoms with Crippen LogP contribution in [0.1, 0.15) is 24.9 Å². The first-order valence-electron chi connectivity index (χ1n) is 7.65. The summed E-state index contributed by atoms with van der Waals surface area (Å²) in [6.45, 7) is 6.43. The normalized spacial score (nSPS) is 21.7. The van der Waals surface area contributed by atoms with Crippen molar-refractivity contribution in [2.45, 2.75) is 19.4 Å². The average Bonchev–Trinajstić information content (AvgIpc) is 3.16. The van der Waals surface area contributed by atoms with Gasteiger partial charge in [-0.15, -0.1) is 0 Å². The van der Waals surface area contributed by atoms with Gasteiger partial charge in [0, 0.05) is 12.5 Å². The van der Waals surface area contributed by atoms with Crippen molar-refractivity contribution < 1.29 is 18.9 Å². The van der Waals surface area contributed by atoms with Crippen LogP contribution in [0.3, 0.4) is 0 Å². The van der Waals surface area contributed by atoms with Gasteiger partial charge in [-0.3, -0.25) is 0 Å². The van der Waals surface area contributed by atoms with Crippen LogP contribution in [-0.2, 0) is 9.47 Å². The molecule has 2 atom stereocenters. The van der Waals surface area contributed by atoms with Gasteiger partial charge in [0.25, 0.3) is 0 Å². The maximum Gasteiger partial charge on any atom is 0.231 e. The van der Waals surface area contributed by atoms with Gasteiger partial charge < -0.3 is 24.3 Å². The lowest BCUT2D eigenvalue weighted by Gasteiger charge is -2.20. The molecule has 0 aliphatic carbocycles. The van der Waals surface area contributed by atoms with Crippen LogP contribution in [-0.4, -0.2) is 39.8 Å². The zero-order valence-electron chi connectivity index (χ0n) is 12.5. The highest BCUT2D eigenvalue weighted by Gasteiger charge is 2.19. The number of fused-ring (bicyclic) bond motifs is 1. The fraction of sp³-hybridized carbons (Fsp3) is 0.625. The summed E-state index contributed by atoms with van der Waals surface area (Å²) in [6.07, 6.45) is 1.11. The van der Waals surface area contributed by atoms with Crippen molar-refractivity contribution >= 4 is 0 Å². The Morgan fingerprint density at radius 1 is 1.33 bits per heavy atom. The Labute approximate surface area is 125 Å². The number of hydrogen-bond donors (Lipinski definition) is 1. The predicted molar refractivity (Wildman–Crippen MR) is 78.7 cm³/mol. The second-order valence-corrected chi connectivity index (χ2v) is 5.49. The van der Waals surface area contributed by atoms with E-state index in [-0.39, 0.29) is 6.04 Å². The molecule has 0 radical (unpaired) electrons. The first-order valence-corrected chi connectivity index (χ1v) is 7.65. The van der Waals surface area contributed by atoms with Gasteiger partial charge in [-0.1, -0.05) is 13.0 Å². The number of ether oxygens (including phenoxy) is 4. The molecule has 2 unspecified atom stereocenters. The largest absolute Gasteiger partial charge is 0.454 e. The summed E-state index contributed by atoms with van der Waals surface area (Å²) in [5.74, 6) is 2.18. The van der Waals surface area contributed by atoms with E-state index >= 15 is 0 Å². The number of likely N-dealkylation sites (N-methyl/N-ethyl adjacent to an activating group) is 1. The van der Waals surface area contributed by atoms with Crippen LogP contribution in [0.2, 0.25) is 0 Å². The minimum absolute atomic E-state index is 0.173. The summed E-state index contributed by atoms with van der Waals surface area (Å²) < 4.78 is 22.1. The van der Waals surface area contributed by atoms with Gasteiger partial charge in [-0.25, -0.2) is 0 Å². The van der Waals surface area contributed by atoms with Crippen molar-refractivity contribution in [3.05, 3.63) is 23.8 Å². The van der Waals surface area contributed by atoms with Gasteiger partial charge in [-0.05, 0) is 30.7 Å². The van der Waals surface area contributed by atoms with Crippen LogP contribution in [0.4, 0.5) is 0 Å². The van der Waals surface area contributed by atoms with E-state index in [1.807, 2.05) is 12.1 Å². The Morgan fingerprint density at radius 2 is 2.24 bits per heavy atom. The SMILES string of the molecule is CCNC(COCC1CCOC1)c1ccc2c(c1)OCO2. The topological polar surface area (TPSA) is 49.0 Å². The highest BCUT2D eigenvalue weighted by Crippen LogP contribution is 2.34. The van der Waals surface area contributed by atoms with Gasteiger partial charge in [0.1, 0.15) is 0 Å². The van der Waals surface area contributed by atoms with E-state index in [1.54, 1.807) is 0 Å². The summed E-state index contributed by atoms with van der Waals surface area (Å²) >= 11 is 0. The van der Waals surface area contributed by atoms with Crippen molar-refractivity contribution in [2.24, 2.45) is 5.92 Å². The molecule has 5 heteroatoms. The van der Waals surface area contributed by atoms with E-state index in [0.29, 0.717) is 19.3 Å². The molecular weight excluding hydrogens is 270 g/mol. The van der Waals surface area contributed by atoms with E-state index in [0.717, 1.165) is 44.3 Å². The maximum atomic E-state index is 5.89. The third kappa shape index (κ3) is 3.67. The summed E-state index contributed by atoms with van der Waals surface area (Å²) in [4.78, 5) is 0. The summed E-state index contributed by atoms with van der Waals surface area (Å²) in [5.41, 5.74) is 1.17. The molecule has 0 saturated carbocycles. The van der Waals surface area contributed by atoms with Gasteiger partial charge in [0.05, 0.1) is 25.9 Å². The van der Waals surface area contributed by atoms with Crippen molar-refractivity contribution in [2.75, 3.05) is 39.8 Å². The molecule has 116 valence electrons. The van der Waals surface area contributed by atoms with Gasteiger partial charge >= 0.3 is 0 Å². The average molecular weight is 293 g/mol. The first kappa shape index (κ1) is 14.6. The van der Waals surface area contributed by atoms with Crippen molar-refractivity contribution in [1.29, 1.82) is 0 Å². The van der Waals surface area contributed by atoms with Crippen molar-refractivity contribution in [3.8, 4) is 11.5 Å². The minimum Gasteiger partial charge on any atom is -0.454 e. The quantitative estimate of drug-likeness (QED) is 0.834. The fourth-order valence-corrected chi connectivity index (χ4v) is 2.72. The van der Waals surface area contributed by atoms with Crippen LogP contribution in [0.5, 0.6) is 11.5 Å². The number of hydrogen-bond acceptors (Lipinski definition) is 5. The third-order valence-electron chi connectivity index (χ3n) is 3.91. The molecule has 21 heavy (non-hydrogen) atoms. The Hall–Kier alpha value is -1.30. The Kier molecular flexibility index (Phi) is 4.95. The van der Waals surface area contributed by atoms with E-state index < -0.39 is 0 Å². The molecule has 5 nitrogen and oxygen atoms in total. The number of rotatable bonds is 7. The highest BCUT2D eigenvalue weighted by atomic mass is 16.7. The van der Waals surface area contributed by atoms with E-state index in [2.05, 4.69) is 18.3 Å². The van der Waals surface area contributed by atoms with E-state index in [4.69, 9.17) is 18.9 Å². The summed E-state index contributed by atoms with van der Waals surface area (Å²) in [5, 5.41) is 3.46. The van der Waals surface area contributed by atoms with Crippen LogP contribution in [0.25, 0.3) is 0 Å². The van der Waals surface area contributed by atoms with Gasteiger partial charge in [-0.2, -0.15) is 0 Å². The molecule has 2 aliphatic heterocycles. The molecule has 2 aliphatic rings.